The van der Waals surface area contributed by atoms with Gasteiger partial charge in [-0.1, -0.05) is 6.42 Å². The standard InChI is InChI=1S/C19H26N2O5S/c1-14(15-5-6-15)20-18(22)13-26-19(23)16-7-9-17(10-8-16)27(24,25)21-11-3-2-4-12-21/h7-10,14-15H,2-6,11-13H2,1H3,(H,20,22)/t14-/m0/s1. The van der Waals surface area contributed by atoms with Crippen molar-refractivity contribution < 1.29 is 22.7 Å². The van der Waals surface area contributed by atoms with Crippen LogP contribution in [0.2, 0.25) is 0 Å². The van der Waals surface area contributed by atoms with Crippen LogP contribution in [0.15, 0.2) is 29.2 Å². The van der Waals surface area contributed by atoms with Gasteiger partial charge >= 0.3 is 5.97 Å². The van der Waals surface area contributed by atoms with Crippen molar-refractivity contribution in [3.05, 3.63) is 29.8 Å². The molecular weight excluding hydrogens is 368 g/mol. The molecule has 1 atom stereocenters. The maximum Gasteiger partial charge on any atom is 0.338 e. The van der Waals surface area contributed by atoms with Crippen LogP contribution < -0.4 is 5.32 Å². The average molecular weight is 394 g/mol. The predicted molar refractivity (Wildman–Crippen MR) is 99.7 cm³/mol. The highest BCUT2D eigenvalue weighted by molar-refractivity contribution is 7.89. The van der Waals surface area contributed by atoms with Crippen molar-refractivity contribution in [2.75, 3.05) is 19.7 Å². The Bertz CT molecular complexity index is 781. The van der Waals surface area contributed by atoms with Gasteiger partial charge in [-0.2, -0.15) is 4.31 Å². The van der Waals surface area contributed by atoms with Crippen LogP contribution in [0, 0.1) is 5.92 Å². The molecule has 2 fully saturated rings. The number of rotatable bonds is 7. The lowest BCUT2D eigenvalue weighted by Crippen LogP contribution is -2.37. The van der Waals surface area contributed by atoms with E-state index in [0.29, 0.717) is 19.0 Å². The third kappa shape index (κ3) is 5.07. The Hall–Kier alpha value is -1.93. The Labute approximate surface area is 160 Å². The number of carbonyl (C=O) groups is 2. The largest absolute Gasteiger partial charge is 0.452 e. The minimum atomic E-state index is -3.53. The molecule has 1 heterocycles. The Morgan fingerprint density at radius 1 is 1.15 bits per heavy atom. The molecule has 1 aromatic carbocycles. The second-order valence-corrected chi connectivity index (χ2v) is 9.20. The summed E-state index contributed by atoms with van der Waals surface area (Å²) >= 11 is 0. The summed E-state index contributed by atoms with van der Waals surface area (Å²) in [5.41, 5.74) is 0.218. The van der Waals surface area contributed by atoms with Gasteiger partial charge in [-0.3, -0.25) is 4.79 Å². The first kappa shape index (κ1) is 19.8. The first-order valence-corrected chi connectivity index (χ1v) is 10.9. The second-order valence-electron chi connectivity index (χ2n) is 7.26. The van der Waals surface area contributed by atoms with Crippen molar-refractivity contribution in [1.82, 2.24) is 9.62 Å². The number of amides is 1. The molecule has 1 aromatic rings. The van der Waals surface area contributed by atoms with Gasteiger partial charge in [0.05, 0.1) is 10.5 Å². The van der Waals surface area contributed by atoms with Crippen molar-refractivity contribution >= 4 is 21.9 Å². The van der Waals surface area contributed by atoms with E-state index in [1.807, 2.05) is 6.92 Å². The molecule has 2 aliphatic rings. The van der Waals surface area contributed by atoms with Gasteiger partial charge in [0.15, 0.2) is 6.61 Å². The SMILES string of the molecule is C[C@H](NC(=O)COC(=O)c1ccc(S(=O)(=O)N2CCCCC2)cc1)C1CC1. The lowest BCUT2D eigenvalue weighted by atomic mass is 10.2. The van der Waals surface area contributed by atoms with Gasteiger partial charge in [0.1, 0.15) is 0 Å². The fourth-order valence-corrected chi connectivity index (χ4v) is 4.76. The number of benzene rings is 1. The Kier molecular flexibility index (Phi) is 6.16. The van der Waals surface area contributed by atoms with Crippen LogP contribution in [-0.2, 0) is 19.6 Å². The molecule has 8 heteroatoms. The fourth-order valence-electron chi connectivity index (χ4n) is 3.24. The molecule has 0 aromatic heterocycles. The van der Waals surface area contributed by atoms with Crippen molar-refractivity contribution in [2.24, 2.45) is 5.92 Å². The molecular formula is C19H26N2O5S. The van der Waals surface area contributed by atoms with E-state index in [-0.39, 0.29) is 29.0 Å². The van der Waals surface area contributed by atoms with Crippen LogP contribution in [0.3, 0.4) is 0 Å². The molecule has 148 valence electrons. The monoisotopic (exact) mass is 394 g/mol. The second kappa shape index (κ2) is 8.39. The van der Waals surface area contributed by atoms with Crippen molar-refractivity contribution in [3.63, 3.8) is 0 Å². The Balaban J connectivity index is 1.54. The lowest BCUT2D eigenvalue weighted by Gasteiger charge is -2.25. The predicted octanol–water partition coefficient (Wildman–Crippen LogP) is 1.93. The minimum Gasteiger partial charge on any atom is -0.452 e. The van der Waals surface area contributed by atoms with E-state index in [4.69, 9.17) is 4.74 Å². The molecule has 1 amide bonds. The lowest BCUT2D eigenvalue weighted by molar-refractivity contribution is -0.124. The average Bonchev–Trinajstić information content (AvgIpc) is 3.52. The molecule has 7 nitrogen and oxygen atoms in total. The molecule has 0 spiro atoms. The number of carbonyl (C=O) groups excluding carboxylic acids is 2. The minimum absolute atomic E-state index is 0.0930. The highest BCUT2D eigenvalue weighted by Gasteiger charge is 2.29. The zero-order chi connectivity index (χ0) is 19.4. The zero-order valence-corrected chi connectivity index (χ0v) is 16.3. The van der Waals surface area contributed by atoms with Crippen LogP contribution in [-0.4, -0.2) is 50.3 Å². The van der Waals surface area contributed by atoms with E-state index in [9.17, 15) is 18.0 Å². The van der Waals surface area contributed by atoms with E-state index < -0.39 is 16.0 Å². The summed E-state index contributed by atoms with van der Waals surface area (Å²) < 4.78 is 31.7. The van der Waals surface area contributed by atoms with Crippen molar-refractivity contribution in [3.8, 4) is 0 Å². The Morgan fingerprint density at radius 3 is 2.37 bits per heavy atom. The highest BCUT2D eigenvalue weighted by atomic mass is 32.2. The maximum absolute atomic E-state index is 12.6. The molecule has 1 aliphatic carbocycles. The quantitative estimate of drug-likeness (QED) is 0.714. The summed E-state index contributed by atoms with van der Waals surface area (Å²) in [6.45, 7) is 2.66. The number of esters is 1. The maximum atomic E-state index is 12.6. The summed E-state index contributed by atoms with van der Waals surface area (Å²) in [7, 11) is -3.53. The summed E-state index contributed by atoms with van der Waals surface area (Å²) in [6, 6.07) is 5.76. The van der Waals surface area contributed by atoms with Gasteiger partial charge in [-0.25, -0.2) is 13.2 Å². The summed E-state index contributed by atoms with van der Waals surface area (Å²) in [4.78, 5) is 24.1. The summed E-state index contributed by atoms with van der Waals surface area (Å²) in [5, 5.41) is 2.81. The van der Waals surface area contributed by atoms with Gasteiger partial charge in [-0.15, -0.1) is 0 Å². The highest BCUT2D eigenvalue weighted by Crippen LogP contribution is 2.32. The number of sulfonamides is 1. The van der Waals surface area contributed by atoms with Crippen LogP contribution >= 0.6 is 0 Å². The van der Waals surface area contributed by atoms with E-state index in [0.717, 1.165) is 32.1 Å². The number of piperidine rings is 1. The van der Waals surface area contributed by atoms with E-state index in [1.165, 1.54) is 28.6 Å². The topological polar surface area (TPSA) is 92.8 Å². The molecule has 0 bridgehead atoms. The van der Waals surface area contributed by atoms with Gasteiger partial charge in [0.2, 0.25) is 10.0 Å². The molecule has 1 saturated carbocycles. The third-order valence-corrected chi connectivity index (χ3v) is 7.01. The number of nitrogens with one attached hydrogen (secondary N) is 1. The Morgan fingerprint density at radius 2 is 1.78 bits per heavy atom. The summed E-state index contributed by atoms with van der Waals surface area (Å²) in [6.07, 6.45) is 5.02. The molecule has 1 N–H and O–H groups in total. The number of hydrogen-bond donors (Lipinski definition) is 1. The van der Waals surface area contributed by atoms with Gasteiger partial charge in [0, 0.05) is 19.1 Å². The molecule has 1 aliphatic heterocycles. The summed E-state index contributed by atoms with van der Waals surface area (Å²) in [5.74, 6) is -0.447. The first-order chi connectivity index (χ1) is 12.9. The van der Waals surface area contributed by atoms with Crippen LogP contribution in [0.4, 0.5) is 0 Å². The number of hydrogen-bond acceptors (Lipinski definition) is 5. The van der Waals surface area contributed by atoms with Gasteiger partial charge in [-0.05, 0) is 62.8 Å². The van der Waals surface area contributed by atoms with Crippen LogP contribution in [0.1, 0.15) is 49.4 Å². The molecule has 27 heavy (non-hydrogen) atoms. The van der Waals surface area contributed by atoms with Crippen molar-refractivity contribution in [1.29, 1.82) is 0 Å². The number of ether oxygens (including phenoxy) is 1. The third-order valence-electron chi connectivity index (χ3n) is 5.09. The fraction of sp³-hybridized carbons (Fsp3) is 0.579. The van der Waals surface area contributed by atoms with Crippen LogP contribution in [0.25, 0.3) is 0 Å². The molecule has 0 radical (unpaired) electrons. The van der Waals surface area contributed by atoms with Crippen LogP contribution in [0.5, 0.6) is 0 Å². The molecule has 0 unspecified atom stereocenters. The first-order valence-electron chi connectivity index (χ1n) is 9.44. The molecule has 1 saturated heterocycles. The van der Waals surface area contributed by atoms with E-state index in [1.54, 1.807) is 0 Å². The normalized spacial score (nSPS) is 19.3. The molecule has 3 rings (SSSR count). The van der Waals surface area contributed by atoms with Gasteiger partial charge in [0.25, 0.3) is 5.91 Å². The smallest absolute Gasteiger partial charge is 0.338 e. The van der Waals surface area contributed by atoms with Crippen molar-refractivity contribution in [2.45, 2.75) is 50.0 Å². The van der Waals surface area contributed by atoms with Gasteiger partial charge < -0.3 is 10.1 Å². The zero-order valence-electron chi connectivity index (χ0n) is 15.5. The van der Waals surface area contributed by atoms with E-state index >= 15 is 0 Å². The van der Waals surface area contributed by atoms with E-state index in [2.05, 4.69) is 5.32 Å². The number of nitrogens with zero attached hydrogens (tertiary/aromatic N) is 1.